The summed E-state index contributed by atoms with van der Waals surface area (Å²) in [7, 11) is -3.05. The molecular formula is C18H21ClN2O3S2. The number of carbonyl (C=O) groups excluding carboxylic acids is 1. The van der Waals surface area contributed by atoms with E-state index in [1.165, 1.54) is 11.3 Å². The Kier molecular flexibility index (Phi) is 5.99. The topological polar surface area (TPSA) is 67.3 Å². The SMILES string of the molecule is CCCCN(C(=O)c1csc(-c2cccc(Cl)c2)n1)C1CCS(=O)(=O)C1. The molecule has 1 amide bonds. The van der Waals surface area contributed by atoms with E-state index in [1.807, 2.05) is 25.1 Å². The van der Waals surface area contributed by atoms with E-state index in [0.29, 0.717) is 23.7 Å². The minimum atomic E-state index is -3.05. The summed E-state index contributed by atoms with van der Waals surface area (Å²) in [5.74, 6) is 0.0108. The Balaban J connectivity index is 1.83. The lowest BCUT2D eigenvalue weighted by atomic mass is 10.2. The maximum absolute atomic E-state index is 13.0. The lowest BCUT2D eigenvalue weighted by Gasteiger charge is -2.27. The normalized spacial score (nSPS) is 18.8. The number of carbonyl (C=O) groups is 1. The Morgan fingerprint density at radius 1 is 1.42 bits per heavy atom. The molecular weight excluding hydrogens is 392 g/mol. The molecule has 0 saturated carbocycles. The van der Waals surface area contributed by atoms with Crippen LogP contribution in [-0.4, -0.2) is 48.3 Å². The Bertz CT molecular complexity index is 895. The molecule has 3 rings (SSSR count). The molecule has 1 aromatic carbocycles. The van der Waals surface area contributed by atoms with E-state index in [9.17, 15) is 13.2 Å². The summed E-state index contributed by atoms with van der Waals surface area (Å²) in [5.41, 5.74) is 1.23. The van der Waals surface area contributed by atoms with E-state index in [2.05, 4.69) is 4.98 Å². The van der Waals surface area contributed by atoms with Gasteiger partial charge in [0.2, 0.25) is 0 Å². The second-order valence-corrected chi connectivity index (χ2v) is 9.98. The molecule has 0 spiro atoms. The van der Waals surface area contributed by atoms with Crippen molar-refractivity contribution < 1.29 is 13.2 Å². The highest BCUT2D eigenvalue weighted by atomic mass is 35.5. The first-order chi connectivity index (χ1) is 12.4. The Hall–Kier alpha value is -1.44. The first-order valence-corrected chi connectivity index (χ1v) is 11.7. The van der Waals surface area contributed by atoms with Crippen LogP contribution in [0.2, 0.25) is 5.02 Å². The number of hydrogen-bond acceptors (Lipinski definition) is 5. The Labute approximate surface area is 162 Å². The van der Waals surface area contributed by atoms with Gasteiger partial charge in [0.1, 0.15) is 10.7 Å². The number of halogens is 1. The third kappa shape index (κ3) is 4.45. The standard InChI is InChI=1S/C18H21ClN2O3S2/c1-2-3-8-21(15-7-9-26(23,24)12-15)18(22)16-11-25-17(20-16)13-5-4-6-14(19)10-13/h4-6,10-11,15H,2-3,7-9,12H2,1H3. The molecule has 1 atom stereocenters. The highest BCUT2D eigenvalue weighted by molar-refractivity contribution is 7.91. The number of thiazole rings is 1. The largest absolute Gasteiger partial charge is 0.333 e. The predicted octanol–water partition coefficient (Wildman–Crippen LogP) is 3.89. The zero-order chi connectivity index (χ0) is 18.7. The fourth-order valence-corrected chi connectivity index (χ4v) is 5.78. The van der Waals surface area contributed by atoms with Crippen LogP contribution in [0.5, 0.6) is 0 Å². The molecule has 1 saturated heterocycles. The Morgan fingerprint density at radius 2 is 2.23 bits per heavy atom. The van der Waals surface area contributed by atoms with Crippen molar-refractivity contribution in [3.63, 3.8) is 0 Å². The predicted molar refractivity (Wildman–Crippen MR) is 106 cm³/mol. The highest BCUT2D eigenvalue weighted by Crippen LogP contribution is 2.27. The number of nitrogens with zero attached hydrogens (tertiary/aromatic N) is 2. The van der Waals surface area contributed by atoms with E-state index in [-0.39, 0.29) is 23.5 Å². The number of hydrogen-bond donors (Lipinski definition) is 0. The zero-order valence-electron chi connectivity index (χ0n) is 14.5. The van der Waals surface area contributed by atoms with Crippen LogP contribution in [0.3, 0.4) is 0 Å². The average molecular weight is 413 g/mol. The zero-order valence-corrected chi connectivity index (χ0v) is 16.9. The lowest BCUT2D eigenvalue weighted by Crippen LogP contribution is -2.42. The fourth-order valence-electron chi connectivity index (χ4n) is 3.07. The van der Waals surface area contributed by atoms with Crippen molar-refractivity contribution in [2.75, 3.05) is 18.1 Å². The van der Waals surface area contributed by atoms with Gasteiger partial charge >= 0.3 is 0 Å². The van der Waals surface area contributed by atoms with Crippen molar-refractivity contribution in [3.05, 3.63) is 40.4 Å². The third-order valence-corrected chi connectivity index (χ3v) is 7.33. The molecule has 2 aromatic rings. The molecule has 2 heterocycles. The lowest BCUT2D eigenvalue weighted by molar-refractivity contribution is 0.0689. The number of benzene rings is 1. The van der Waals surface area contributed by atoms with Gasteiger partial charge in [0.05, 0.1) is 11.5 Å². The van der Waals surface area contributed by atoms with Gasteiger partial charge in [0.25, 0.3) is 5.91 Å². The van der Waals surface area contributed by atoms with Gasteiger partial charge in [-0.1, -0.05) is 37.1 Å². The number of rotatable bonds is 6. The summed E-state index contributed by atoms with van der Waals surface area (Å²) < 4.78 is 23.7. The quantitative estimate of drug-likeness (QED) is 0.721. The van der Waals surface area contributed by atoms with Crippen LogP contribution in [-0.2, 0) is 9.84 Å². The van der Waals surface area contributed by atoms with Crippen molar-refractivity contribution in [2.24, 2.45) is 0 Å². The molecule has 1 aliphatic rings. The maximum Gasteiger partial charge on any atom is 0.273 e. The fraction of sp³-hybridized carbons (Fsp3) is 0.444. The highest BCUT2D eigenvalue weighted by Gasteiger charge is 2.35. The van der Waals surface area contributed by atoms with Gasteiger partial charge < -0.3 is 4.90 Å². The molecule has 8 heteroatoms. The second-order valence-electron chi connectivity index (χ2n) is 6.46. The van der Waals surface area contributed by atoms with E-state index in [4.69, 9.17) is 11.6 Å². The van der Waals surface area contributed by atoms with E-state index >= 15 is 0 Å². The van der Waals surface area contributed by atoms with E-state index in [1.54, 1.807) is 16.3 Å². The third-order valence-electron chi connectivity index (χ3n) is 4.46. The van der Waals surface area contributed by atoms with Gasteiger partial charge in [-0.25, -0.2) is 13.4 Å². The van der Waals surface area contributed by atoms with Crippen LogP contribution in [0.15, 0.2) is 29.6 Å². The second kappa shape index (κ2) is 8.06. The minimum absolute atomic E-state index is 0.0493. The molecule has 1 fully saturated rings. The molecule has 26 heavy (non-hydrogen) atoms. The first kappa shape index (κ1) is 19.3. The molecule has 1 aromatic heterocycles. The molecule has 0 radical (unpaired) electrons. The molecule has 0 aliphatic carbocycles. The molecule has 5 nitrogen and oxygen atoms in total. The maximum atomic E-state index is 13.0. The molecule has 0 bridgehead atoms. The van der Waals surface area contributed by atoms with Crippen LogP contribution in [0.25, 0.3) is 10.6 Å². The average Bonchev–Trinajstić information content (AvgIpc) is 3.22. The molecule has 0 N–H and O–H groups in total. The van der Waals surface area contributed by atoms with Gasteiger partial charge in [-0.2, -0.15) is 0 Å². The summed E-state index contributed by atoms with van der Waals surface area (Å²) in [6, 6.07) is 7.09. The van der Waals surface area contributed by atoms with Crippen LogP contribution in [0, 0.1) is 0 Å². The number of sulfone groups is 1. The van der Waals surface area contributed by atoms with Crippen molar-refractivity contribution in [2.45, 2.75) is 32.2 Å². The molecule has 1 unspecified atom stereocenters. The van der Waals surface area contributed by atoms with Crippen molar-refractivity contribution in [1.29, 1.82) is 0 Å². The number of unbranched alkanes of at least 4 members (excludes halogenated alkanes) is 1. The van der Waals surface area contributed by atoms with Gasteiger partial charge in [0.15, 0.2) is 9.84 Å². The number of amides is 1. The van der Waals surface area contributed by atoms with E-state index in [0.717, 1.165) is 23.4 Å². The van der Waals surface area contributed by atoms with Crippen LogP contribution < -0.4 is 0 Å². The van der Waals surface area contributed by atoms with Gasteiger partial charge in [-0.15, -0.1) is 11.3 Å². The van der Waals surface area contributed by atoms with Crippen molar-refractivity contribution in [3.8, 4) is 10.6 Å². The van der Waals surface area contributed by atoms with Gasteiger partial charge in [-0.3, -0.25) is 4.79 Å². The smallest absolute Gasteiger partial charge is 0.273 e. The Morgan fingerprint density at radius 3 is 2.88 bits per heavy atom. The minimum Gasteiger partial charge on any atom is -0.333 e. The molecule has 1 aliphatic heterocycles. The van der Waals surface area contributed by atoms with Crippen molar-refractivity contribution in [1.82, 2.24) is 9.88 Å². The van der Waals surface area contributed by atoms with Crippen LogP contribution in [0.1, 0.15) is 36.7 Å². The summed E-state index contributed by atoms with van der Waals surface area (Å²) in [6.45, 7) is 2.60. The summed E-state index contributed by atoms with van der Waals surface area (Å²) in [4.78, 5) is 19.2. The van der Waals surface area contributed by atoms with Gasteiger partial charge in [-0.05, 0) is 25.0 Å². The summed E-state index contributed by atoms with van der Waals surface area (Å²) in [5, 5.41) is 3.08. The van der Waals surface area contributed by atoms with Crippen LogP contribution in [0.4, 0.5) is 0 Å². The number of aromatic nitrogens is 1. The first-order valence-electron chi connectivity index (χ1n) is 8.62. The monoisotopic (exact) mass is 412 g/mol. The van der Waals surface area contributed by atoms with Crippen LogP contribution >= 0.6 is 22.9 Å². The van der Waals surface area contributed by atoms with Gasteiger partial charge in [0, 0.05) is 28.6 Å². The summed E-state index contributed by atoms with van der Waals surface area (Å²) in [6.07, 6.45) is 2.28. The molecule has 140 valence electrons. The summed E-state index contributed by atoms with van der Waals surface area (Å²) >= 11 is 7.42. The van der Waals surface area contributed by atoms with Crippen molar-refractivity contribution >= 4 is 38.7 Å². The van der Waals surface area contributed by atoms with E-state index < -0.39 is 9.84 Å².